The summed E-state index contributed by atoms with van der Waals surface area (Å²) in [5.74, 6) is -0.154. The third-order valence-electron chi connectivity index (χ3n) is 4.45. The molecule has 9 heteroatoms. The van der Waals surface area contributed by atoms with Crippen molar-refractivity contribution in [2.75, 3.05) is 6.61 Å². The summed E-state index contributed by atoms with van der Waals surface area (Å²) in [7, 11) is 0. The Morgan fingerprint density at radius 3 is 2.32 bits per heavy atom. The van der Waals surface area contributed by atoms with E-state index in [-0.39, 0.29) is 31.0 Å². The monoisotopic (exact) mass is 548 g/mol. The largest absolute Gasteiger partial charge is 0.483 e. The number of carbonyl (C=O) groups excluding carboxylic acids is 2. The predicted molar refractivity (Wildman–Crippen MR) is 129 cm³/mol. The standard InChI is InChI=1S/C22H24BrCl3N2O3/c1-4-19(22(30)27-13(2)3)28(11-15-17(25)6-5-7-18(15)26)21(29)12-31-20-9-8-14(24)10-16(20)23/h5-10,13,19H,4,11-12H2,1-3H3,(H,27,30). The Morgan fingerprint density at radius 1 is 1.13 bits per heavy atom. The van der Waals surface area contributed by atoms with Crippen LogP contribution in [0.25, 0.3) is 0 Å². The van der Waals surface area contributed by atoms with Gasteiger partial charge in [-0.1, -0.05) is 47.8 Å². The van der Waals surface area contributed by atoms with Gasteiger partial charge in [0.15, 0.2) is 6.61 Å². The molecule has 2 aromatic rings. The molecule has 0 spiro atoms. The normalized spacial score (nSPS) is 11.9. The fourth-order valence-electron chi connectivity index (χ4n) is 2.97. The van der Waals surface area contributed by atoms with Crippen LogP contribution in [0.5, 0.6) is 5.75 Å². The molecule has 5 nitrogen and oxygen atoms in total. The van der Waals surface area contributed by atoms with Gasteiger partial charge in [0.05, 0.1) is 4.47 Å². The highest BCUT2D eigenvalue weighted by atomic mass is 79.9. The lowest BCUT2D eigenvalue weighted by molar-refractivity contribution is -0.143. The van der Waals surface area contributed by atoms with Crippen molar-refractivity contribution >= 4 is 62.5 Å². The Balaban J connectivity index is 2.30. The van der Waals surface area contributed by atoms with Crippen molar-refractivity contribution in [3.8, 4) is 5.75 Å². The summed E-state index contributed by atoms with van der Waals surface area (Å²) in [6, 6.07) is 9.35. The lowest BCUT2D eigenvalue weighted by atomic mass is 10.1. The van der Waals surface area contributed by atoms with Gasteiger partial charge in [0.25, 0.3) is 5.91 Å². The Kier molecular flexibility index (Phi) is 9.94. The maximum absolute atomic E-state index is 13.2. The van der Waals surface area contributed by atoms with Crippen LogP contribution in [-0.2, 0) is 16.1 Å². The molecule has 0 bridgehead atoms. The third-order valence-corrected chi connectivity index (χ3v) is 6.02. The van der Waals surface area contributed by atoms with Crippen molar-refractivity contribution < 1.29 is 14.3 Å². The van der Waals surface area contributed by atoms with Gasteiger partial charge in [-0.3, -0.25) is 9.59 Å². The fraction of sp³-hybridized carbons (Fsp3) is 0.364. The Morgan fingerprint density at radius 2 is 1.77 bits per heavy atom. The first kappa shape index (κ1) is 25.8. The first-order valence-electron chi connectivity index (χ1n) is 9.74. The maximum Gasteiger partial charge on any atom is 0.261 e. The zero-order valence-electron chi connectivity index (χ0n) is 17.4. The van der Waals surface area contributed by atoms with Crippen molar-refractivity contribution in [2.24, 2.45) is 0 Å². The molecule has 168 valence electrons. The van der Waals surface area contributed by atoms with Crippen LogP contribution in [0.2, 0.25) is 15.1 Å². The van der Waals surface area contributed by atoms with E-state index in [1.54, 1.807) is 36.4 Å². The van der Waals surface area contributed by atoms with Crippen LogP contribution in [0.15, 0.2) is 40.9 Å². The summed E-state index contributed by atoms with van der Waals surface area (Å²) in [6.07, 6.45) is 0.414. The number of ether oxygens (including phenoxy) is 1. The van der Waals surface area contributed by atoms with Crippen LogP contribution < -0.4 is 10.1 Å². The van der Waals surface area contributed by atoms with Gasteiger partial charge >= 0.3 is 0 Å². The SMILES string of the molecule is CCC(C(=O)NC(C)C)N(Cc1c(Cl)cccc1Cl)C(=O)COc1ccc(Cl)cc1Br. The number of hydrogen-bond donors (Lipinski definition) is 1. The number of benzene rings is 2. The number of hydrogen-bond acceptors (Lipinski definition) is 3. The Hall–Kier alpha value is -1.47. The summed E-state index contributed by atoms with van der Waals surface area (Å²) >= 11 is 22.0. The molecule has 0 radical (unpaired) electrons. The van der Waals surface area contributed by atoms with Gasteiger partial charge in [0, 0.05) is 33.2 Å². The number of nitrogens with zero attached hydrogens (tertiary/aromatic N) is 1. The molecular weight excluding hydrogens is 527 g/mol. The molecule has 0 aliphatic heterocycles. The van der Waals surface area contributed by atoms with E-state index in [0.29, 0.717) is 37.3 Å². The van der Waals surface area contributed by atoms with Crippen molar-refractivity contribution in [2.45, 2.75) is 45.8 Å². The molecule has 0 saturated heterocycles. The summed E-state index contributed by atoms with van der Waals surface area (Å²) < 4.78 is 6.32. The maximum atomic E-state index is 13.2. The lowest BCUT2D eigenvalue weighted by Gasteiger charge is -2.31. The minimum atomic E-state index is -0.709. The van der Waals surface area contributed by atoms with Crippen LogP contribution in [0, 0.1) is 0 Å². The molecule has 0 heterocycles. The average molecular weight is 551 g/mol. The summed E-state index contributed by atoms with van der Waals surface area (Å²) in [6.45, 7) is 5.38. The highest BCUT2D eigenvalue weighted by Gasteiger charge is 2.30. The second-order valence-corrected chi connectivity index (χ2v) is 9.28. The van der Waals surface area contributed by atoms with Crippen LogP contribution in [-0.4, -0.2) is 35.4 Å². The van der Waals surface area contributed by atoms with E-state index in [2.05, 4.69) is 21.2 Å². The first-order chi connectivity index (χ1) is 14.6. The second-order valence-electron chi connectivity index (χ2n) is 7.17. The molecule has 0 aliphatic rings. The Labute approximate surface area is 206 Å². The quantitative estimate of drug-likeness (QED) is 0.409. The predicted octanol–water partition coefficient (Wildman–Crippen LogP) is 6.12. The van der Waals surface area contributed by atoms with Gasteiger partial charge < -0.3 is 15.0 Å². The number of rotatable bonds is 9. The molecule has 1 N–H and O–H groups in total. The van der Waals surface area contributed by atoms with Gasteiger partial charge in [0.1, 0.15) is 11.8 Å². The van der Waals surface area contributed by atoms with E-state index in [1.165, 1.54) is 4.90 Å². The van der Waals surface area contributed by atoms with Gasteiger partial charge in [-0.05, 0) is 66.5 Å². The van der Waals surface area contributed by atoms with E-state index in [4.69, 9.17) is 39.5 Å². The first-order valence-corrected chi connectivity index (χ1v) is 11.7. The van der Waals surface area contributed by atoms with Crippen LogP contribution >= 0.6 is 50.7 Å². The summed E-state index contributed by atoms with van der Waals surface area (Å²) in [5, 5.41) is 4.25. The highest BCUT2D eigenvalue weighted by molar-refractivity contribution is 9.10. The van der Waals surface area contributed by atoms with Gasteiger partial charge in [-0.15, -0.1) is 0 Å². The molecule has 31 heavy (non-hydrogen) atoms. The molecular formula is C22H24BrCl3N2O3. The zero-order chi connectivity index (χ0) is 23.1. The van der Waals surface area contributed by atoms with E-state index in [9.17, 15) is 9.59 Å². The number of halogens is 4. The minimum absolute atomic E-state index is 0.0660. The van der Waals surface area contributed by atoms with Crippen molar-refractivity contribution in [3.05, 3.63) is 61.5 Å². The van der Waals surface area contributed by atoms with E-state index in [0.717, 1.165) is 0 Å². The fourth-order valence-corrected chi connectivity index (χ4v) is 4.28. The van der Waals surface area contributed by atoms with Crippen LogP contribution in [0.4, 0.5) is 0 Å². The average Bonchev–Trinajstić information content (AvgIpc) is 2.68. The molecule has 0 fully saturated rings. The zero-order valence-corrected chi connectivity index (χ0v) is 21.3. The summed E-state index contributed by atoms with van der Waals surface area (Å²) in [4.78, 5) is 27.5. The van der Waals surface area contributed by atoms with E-state index in [1.807, 2.05) is 20.8 Å². The van der Waals surface area contributed by atoms with Gasteiger partial charge in [-0.2, -0.15) is 0 Å². The van der Waals surface area contributed by atoms with E-state index >= 15 is 0 Å². The van der Waals surface area contributed by atoms with Gasteiger partial charge in [0.2, 0.25) is 5.91 Å². The van der Waals surface area contributed by atoms with Crippen LogP contribution in [0.3, 0.4) is 0 Å². The molecule has 0 saturated carbocycles. The summed E-state index contributed by atoms with van der Waals surface area (Å²) in [5.41, 5.74) is 0.572. The molecule has 1 atom stereocenters. The van der Waals surface area contributed by atoms with Crippen molar-refractivity contribution in [3.63, 3.8) is 0 Å². The van der Waals surface area contributed by atoms with Gasteiger partial charge in [-0.25, -0.2) is 0 Å². The third kappa shape index (κ3) is 7.28. The highest BCUT2D eigenvalue weighted by Crippen LogP contribution is 2.29. The molecule has 0 aromatic heterocycles. The second kappa shape index (κ2) is 12.0. The molecule has 1 unspecified atom stereocenters. The van der Waals surface area contributed by atoms with Crippen molar-refractivity contribution in [1.29, 1.82) is 0 Å². The number of carbonyl (C=O) groups is 2. The topological polar surface area (TPSA) is 58.6 Å². The van der Waals surface area contributed by atoms with E-state index < -0.39 is 6.04 Å². The number of amides is 2. The minimum Gasteiger partial charge on any atom is -0.483 e. The Bertz CT molecular complexity index is 920. The van der Waals surface area contributed by atoms with Crippen LogP contribution in [0.1, 0.15) is 32.8 Å². The smallest absolute Gasteiger partial charge is 0.261 e. The lowest BCUT2D eigenvalue weighted by Crippen LogP contribution is -2.51. The number of nitrogens with one attached hydrogen (secondary N) is 1. The van der Waals surface area contributed by atoms with Crippen molar-refractivity contribution in [1.82, 2.24) is 10.2 Å². The molecule has 0 aliphatic carbocycles. The molecule has 2 rings (SSSR count). The molecule has 2 aromatic carbocycles. The molecule has 2 amide bonds.